The highest BCUT2D eigenvalue weighted by Gasteiger charge is 2.22. The summed E-state index contributed by atoms with van der Waals surface area (Å²) in [6.07, 6.45) is 0. The van der Waals surface area contributed by atoms with Crippen LogP contribution in [0, 0.1) is 0 Å². The second kappa shape index (κ2) is 4.97. The molecule has 104 valence electrons. The maximum absolute atomic E-state index is 11.3. The molecule has 6 heteroatoms. The molecule has 1 aliphatic rings. The molecule has 19 heavy (non-hydrogen) atoms. The minimum absolute atomic E-state index is 0.0222. The van der Waals surface area contributed by atoms with Crippen LogP contribution in [0.2, 0.25) is 0 Å². The zero-order valence-electron chi connectivity index (χ0n) is 11.4. The second-order valence-electron chi connectivity index (χ2n) is 5.21. The number of anilines is 3. The maximum atomic E-state index is 11.3. The van der Waals surface area contributed by atoms with Crippen molar-refractivity contribution in [2.75, 3.05) is 36.7 Å². The van der Waals surface area contributed by atoms with Gasteiger partial charge in [0.2, 0.25) is 0 Å². The van der Waals surface area contributed by atoms with Crippen molar-refractivity contribution in [3.8, 4) is 5.75 Å². The molecule has 1 aromatic rings. The summed E-state index contributed by atoms with van der Waals surface area (Å²) in [5.41, 5.74) is 7.66. The Labute approximate surface area is 112 Å². The van der Waals surface area contributed by atoms with Crippen LogP contribution in [0.15, 0.2) is 12.1 Å². The smallest absolute Gasteiger partial charge is 0.262 e. The molecule has 0 fully saturated rings. The first-order valence-corrected chi connectivity index (χ1v) is 6.04. The standard InChI is InChI=1S/C13H19N3O3/c1-13(2,7-18-3)16-9-5-10-11(4-8(9)14)19-6-12(17)15-10/h4-5,16H,6-7,14H2,1-3H3,(H,15,17). The largest absolute Gasteiger partial charge is 0.482 e. The second-order valence-corrected chi connectivity index (χ2v) is 5.21. The monoisotopic (exact) mass is 265 g/mol. The van der Waals surface area contributed by atoms with Crippen LogP contribution in [-0.4, -0.2) is 31.8 Å². The lowest BCUT2D eigenvalue weighted by atomic mass is 10.1. The zero-order valence-corrected chi connectivity index (χ0v) is 11.4. The fourth-order valence-electron chi connectivity index (χ4n) is 2.01. The van der Waals surface area contributed by atoms with Crippen molar-refractivity contribution in [3.63, 3.8) is 0 Å². The summed E-state index contributed by atoms with van der Waals surface area (Å²) < 4.78 is 10.5. The van der Waals surface area contributed by atoms with Crippen molar-refractivity contribution in [2.45, 2.75) is 19.4 Å². The summed E-state index contributed by atoms with van der Waals surface area (Å²) in [5, 5.41) is 6.05. The van der Waals surface area contributed by atoms with Crippen molar-refractivity contribution in [2.24, 2.45) is 0 Å². The lowest BCUT2D eigenvalue weighted by Gasteiger charge is -2.28. The van der Waals surface area contributed by atoms with Gasteiger partial charge in [-0.05, 0) is 19.9 Å². The number of amides is 1. The molecular formula is C13H19N3O3. The Balaban J connectivity index is 2.27. The summed E-state index contributed by atoms with van der Waals surface area (Å²) in [4.78, 5) is 11.3. The van der Waals surface area contributed by atoms with Crippen LogP contribution in [0.5, 0.6) is 5.75 Å². The Bertz CT molecular complexity index is 500. The molecule has 0 saturated heterocycles. The van der Waals surface area contributed by atoms with Gasteiger partial charge in [-0.2, -0.15) is 0 Å². The van der Waals surface area contributed by atoms with E-state index in [0.29, 0.717) is 23.7 Å². The van der Waals surface area contributed by atoms with Gasteiger partial charge in [0.05, 0.1) is 29.2 Å². The van der Waals surface area contributed by atoms with Crippen LogP contribution in [0.4, 0.5) is 17.1 Å². The summed E-state index contributed by atoms with van der Waals surface area (Å²) in [6, 6.07) is 3.49. The molecule has 0 aromatic heterocycles. The Hall–Kier alpha value is -1.95. The third kappa shape index (κ3) is 3.08. The number of nitrogens with one attached hydrogen (secondary N) is 2. The van der Waals surface area contributed by atoms with Gasteiger partial charge in [0, 0.05) is 13.2 Å². The highest BCUT2D eigenvalue weighted by atomic mass is 16.5. The molecule has 6 nitrogen and oxygen atoms in total. The molecule has 0 unspecified atom stereocenters. The maximum Gasteiger partial charge on any atom is 0.262 e. The normalized spacial score (nSPS) is 14.4. The highest BCUT2D eigenvalue weighted by molar-refractivity contribution is 5.97. The van der Waals surface area contributed by atoms with Gasteiger partial charge in [0.25, 0.3) is 5.91 Å². The minimum Gasteiger partial charge on any atom is -0.482 e. The number of fused-ring (bicyclic) bond motifs is 1. The van der Waals surface area contributed by atoms with Crippen LogP contribution in [0.1, 0.15) is 13.8 Å². The third-order valence-electron chi connectivity index (χ3n) is 2.76. The van der Waals surface area contributed by atoms with E-state index in [9.17, 15) is 4.79 Å². The minimum atomic E-state index is -0.267. The van der Waals surface area contributed by atoms with Gasteiger partial charge >= 0.3 is 0 Å². The number of nitrogen functional groups attached to an aromatic ring is 1. The number of hydrogen-bond acceptors (Lipinski definition) is 5. The van der Waals surface area contributed by atoms with E-state index in [1.807, 2.05) is 13.8 Å². The first-order chi connectivity index (χ1) is 8.91. The fraction of sp³-hybridized carbons (Fsp3) is 0.462. The third-order valence-corrected chi connectivity index (χ3v) is 2.76. The van der Waals surface area contributed by atoms with E-state index in [1.54, 1.807) is 19.2 Å². The summed E-state index contributed by atoms with van der Waals surface area (Å²) in [7, 11) is 1.65. The molecule has 1 aromatic carbocycles. The van der Waals surface area contributed by atoms with Gasteiger partial charge in [-0.3, -0.25) is 4.79 Å². The van der Waals surface area contributed by atoms with E-state index in [4.69, 9.17) is 15.2 Å². The molecular weight excluding hydrogens is 246 g/mol. The molecule has 0 radical (unpaired) electrons. The quantitative estimate of drug-likeness (QED) is 0.717. The number of nitrogens with two attached hydrogens (primary N) is 1. The Morgan fingerprint density at radius 2 is 2.26 bits per heavy atom. The molecule has 2 rings (SSSR count). The highest BCUT2D eigenvalue weighted by Crippen LogP contribution is 2.36. The Morgan fingerprint density at radius 3 is 2.95 bits per heavy atom. The number of benzene rings is 1. The first kappa shape index (κ1) is 13.5. The molecule has 4 N–H and O–H groups in total. The lowest BCUT2D eigenvalue weighted by molar-refractivity contribution is -0.118. The zero-order chi connectivity index (χ0) is 14.0. The molecule has 0 bridgehead atoms. The molecule has 1 amide bonds. The molecule has 1 aliphatic heterocycles. The van der Waals surface area contributed by atoms with E-state index < -0.39 is 0 Å². The Kier molecular flexibility index (Phi) is 3.53. The van der Waals surface area contributed by atoms with Crippen LogP contribution < -0.4 is 21.1 Å². The van der Waals surface area contributed by atoms with Crippen LogP contribution in [0.25, 0.3) is 0 Å². The average molecular weight is 265 g/mol. The van der Waals surface area contributed by atoms with E-state index in [0.717, 1.165) is 5.69 Å². The van der Waals surface area contributed by atoms with Gasteiger partial charge < -0.3 is 25.8 Å². The van der Waals surface area contributed by atoms with Crippen LogP contribution >= 0.6 is 0 Å². The topological polar surface area (TPSA) is 85.6 Å². The number of carbonyl (C=O) groups excluding carboxylic acids is 1. The predicted octanol–water partition coefficient (Wildman–Crippen LogP) is 1.44. The van der Waals surface area contributed by atoms with Gasteiger partial charge in [-0.1, -0.05) is 0 Å². The molecule has 0 atom stereocenters. The predicted molar refractivity (Wildman–Crippen MR) is 74.6 cm³/mol. The fourth-order valence-corrected chi connectivity index (χ4v) is 2.01. The molecule has 0 spiro atoms. The lowest BCUT2D eigenvalue weighted by Crippen LogP contribution is -2.36. The first-order valence-electron chi connectivity index (χ1n) is 6.04. The molecule has 1 heterocycles. The van der Waals surface area contributed by atoms with Gasteiger partial charge in [0.1, 0.15) is 5.75 Å². The van der Waals surface area contributed by atoms with Gasteiger partial charge in [-0.25, -0.2) is 0 Å². The van der Waals surface area contributed by atoms with E-state index in [1.165, 1.54) is 0 Å². The number of hydrogen-bond donors (Lipinski definition) is 3. The summed E-state index contributed by atoms with van der Waals surface area (Å²) in [5.74, 6) is 0.423. The van der Waals surface area contributed by atoms with Crippen molar-refractivity contribution >= 4 is 23.0 Å². The Morgan fingerprint density at radius 1 is 1.53 bits per heavy atom. The SMILES string of the molecule is COCC(C)(C)Nc1cc2c(cc1N)OCC(=O)N2. The number of carbonyl (C=O) groups is 1. The van der Waals surface area contributed by atoms with Gasteiger partial charge in [-0.15, -0.1) is 0 Å². The van der Waals surface area contributed by atoms with E-state index in [2.05, 4.69) is 10.6 Å². The average Bonchev–Trinajstić information content (AvgIpc) is 2.30. The van der Waals surface area contributed by atoms with Gasteiger partial charge in [0.15, 0.2) is 6.61 Å². The van der Waals surface area contributed by atoms with E-state index in [-0.39, 0.29) is 18.1 Å². The van der Waals surface area contributed by atoms with Crippen LogP contribution in [0.3, 0.4) is 0 Å². The van der Waals surface area contributed by atoms with E-state index >= 15 is 0 Å². The number of rotatable bonds is 4. The summed E-state index contributed by atoms with van der Waals surface area (Å²) in [6.45, 7) is 4.57. The van der Waals surface area contributed by atoms with Crippen molar-refractivity contribution < 1.29 is 14.3 Å². The number of ether oxygens (including phenoxy) is 2. The van der Waals surface area contributed by atoms with Crippen molar-refractivity contribution in [1.82, 2.24) is 0 Å². The number of methoxy groups -OCH3 is 1. The molecule has 0 saturated carbocycles. The molecule has 0 aliphatic carbocycles. The van der Waals surface area contributed by atoms with Crippen molar-refractivity contribution in [1.29, 1.82) is 0 Å². The van der Waals surface area contributed by atoms with Crippen LogP contribution in [-0.2, 0) is 9.53 Å². The summed E-state index contributed by atoms with van der Waals surface area (Å²) >= 11 is 0. The van der Waals surface area contributed by atoms with Crippen molar-refractivity contribution in [3.05, 3.63) is 12.1 Å².